The molecule has 0 aromatic carbocycles. The third-order valence-corrected chi connectivity index (χ3v) is 2.96. The van der Waals surface area contributed by atoms with Gasteiger partial charge in [0.15, 0.2) is 5.79 Å². The molecule has 1 rings (SSSR count). The third kappa shape index (κ3) is 7.61. The number of rotatable bonds is 5. The Kier molecular flexibility index (Phi) is 6.19. The number of carboxylic acids is 1. The smallest absolute Gasteiger partial charge is 0.407 e. The normalized spacial score (nSPS) is 24.6. The highest BCUT2D eigenvalue weighted by Crippen LogP contribution is 2.29. The Morgan fingerprint density at radius 2 is 1.86 bits per heavy atom. The number of ether oxygens (including phenoxy) is 3. The fourth-order valence-corrected chi connectivity index (χ4v) is 2.37. The summed E-state index contributed by atoms with van der Waals surface area (Å²) >= 11 is 0. The number of hydrogen-bond acceptors (Lipinski definition) is 5. The van der Waals surface area contributed by atoms with Gasteiger partial charge >= 0.3 is 12.1 Å². The highest BCUT2D eigenvalue weighted by atomic mass is 16.7. The van der Waals surface area contributed by atoms with Crippen LogP contribution in [0, 0.1) is 0 Å². The van der Waals surface area contributed by atoms with E-state index in [9.17, 15) is 9.59 Å². The Morgan fingerprint density at radius 3 is 2.41 bits per heavy atom. The lowest BCUT2D eigenvalue weighted by Crippen LogP contribution is -2.46. The van der Waals surface area contributed by atoms with Gasteiger partial charge in [-0.3, -0.25) is 4.79 Å². The minimum Gasteiger partial charge on any atom is -0.481 e. The van der Waals surface area contributed by atoms with E-state index in [2.05, 4.69) is 5.32 Å². The Bertz CT molecular complexity index is 401. The molecule has 1 fully saturated rings. The van der Waals surface area contributed by atoms with Crippen LogP contribution in [0.4, 0.5) is 4.79 Å². The Labute approximate surface area is 131 Å². The zero-order valence-electron chi connectivity index (χ0n) is 14.0. The molecule has 0 bridgehead atoms. The van der Waals surface area contributed by atoms with Crippen LogP contribution in [0.15, 0.2) is 0 Å². The van der Waals surface area contributed by atoms with Crippen LogP contribution in [0.25, 0.3) is 0 Å². The molecule has 0 spiro atoms. The molecule has 7 nitrogen and oxygen atoms in total. The summed E-state index contributed by atoms with van der Waals surface area (Å²) in [5.41, 5.74) is -0.534. The molecule has 2 N–H and O–H groups in total. The lowest BCUT2D eigenvalue weighted by Gasteiger charge is -2.40. The van der Waals surface area contributed by atoms with Crippen molar-refractivity contribution < 1.29 is 28.9 Å². The van der Waals surface area contributed by atoms with E-state index in [4.69, 9.17) is 19.3 Å². The van der Waals surface area contributed by atoms with Crippen molar-refractivity contribution in [1.29, 1.82) is 0 Å². The van der Waals surface area contributed by atoms with Gasteiger partial charge in [-0.25, -0.2) is 4.79 Å². The molecule has 0 saturated carbocycles. The van der Waals surface area contributed by atoms with Crippen LogP contribution in [0.1, 0.15) is 53.9 Å². The van der Waals surface area contributed by atoms with Gasteiger partial charge in [0.2, 0.25) is 0 Å². The summed E-state index contributed by atoms with van der Waals surface area (Å²) in [6, 6.07) is 0. The molecule has 22 heavy (non-hydrogen) atoms. The molecule has 2 unspecified atom stereocenters. The van der Waals surface area contributed by atoms with E-state index >= 15 is 0 Å². The van der Waals surface area contributed by atoms with Gasteiger partial charge in [-0.1, -0.05) is 0 Å². The fourth-order valence-electron chi connectivity index (χ4n) is 2.37. The first-order chi connectivity index (χ1) is 9.97. The molecular formula is C15H27NO6. The highest BCUT2D eigenvalue weighted by Gasteiger charge is 2.36. The first kappa shape index (κ1) is 18.7. The van der Waals surface area contributed by atoms with Gasteiger partial charge in [0.05, 0.1) is 18.6 Å². The summed E-state index contributed by atoms with van der Waals surface area (Å²) in [5, 5.41) is 11.6. The fraction of sp³-hybridized carbons (Fsp3) is 0.867. The first-order valence-electron chi connectivity index (χ1n) is 7.51. The van der Waals surface area contributed by atoms with Crippen LogP contribution in [0.2, 0.25) is 0 Å². The van der Waals surface area contributed by atoms with E-state index in [-0.39, 0.29) is 18.6 Å². The van der Waals surface area contributed by atoms with Gasteiger partial charge in [0.25, 0.3) is 0 Å². The zero-order valence-corrected chi connectivity index (χ0v) is 14.0. The molecular weight excluding hydrogens is 290 g/mol. The van der Waals surface area contributed by atoms with Crippen LogP contribution in [-0.2, 0) is 19.0 Å². The maximum atomic E-state index is 11.6. The predicted molar refractivity (Wildman–Crippen MR) is 79.5 cm³/mol. The molecule has 0 aromatic rings. The molecule has 1 amide bonds. The number of carbonyl (C=O) groups excluding carboxylic acids is 1. The van der Waals surface area contributed by atoms with Crippen molar-refractivity contribution in [1.82, 2.24) is 5.32 Å². The maximum absolute atomic E-state index is 11.6. The lowest BCUT2D eigenvalue weighted by atomic mass is 10.0. The van der Waals surface area contributed by atoms with Crippen molar-refractivity contribution in [3.8, 4) is 0 Å². The summed E-state index contributed by atoms with van der Waals surface area (Å²) in [6.45, 7) is 9.31. The topological polar surface area (TPSA) is 94.1 Å². The number of nitrogens with one attached hydrogen (secondary N) is 1. The van der Waals surface area contributed by atoms with Crippen LogP contribution in [0.3, 0.4) is 0 Å². The molecule has 0 radical (unpaired) electrons. The van der Waals surface area contributed by atoms with Gasteiger partial charge in [-0.15, -0.1) is 0 Å². The molecule has 2 atom stereocenters. The SMILES string of the molecule is CC(C)(C)OC(=O)NCCC1CC(CC(=O)O)OC(C)(C)O1. The minimum absolute atomic E-state index is 0.0528. The van der Waals surface area contributed by atoms with Crippen LogP contribution in [0.5, 0.6) is 0 Å². The van der Waals surface area contributed by atoms with Gasteiger partial charge in [-0.05, 0) is 41.0 Å². The molecule has 0 aromatic heterocycles. The lowest BCUT2D eigenvalue weighted by molar-refractivity contribution is -0.300. The van der Waals surface area contributed by atoms with Crippen molar-refractivity contribution in [2.24, 2.45) is 0 Å². The monoisotopic (exact) mass is 317 g/mol. The number of hydrogen-bond donors (Lipinski definition) is 2. The van der Waals surface area contributed by atoms with E-state index < -0.39 is 23.5 Å². The molecule has 1 aliphatic rings. The van der Waals surface area contributed by atoms with Crippen molar-refractivity contribution in [2.45, 2.75) is 77.5 Å². The second-order valence-electron chi connectivity index (χ2n) is 6.93. The molecule has 128 valence electrons. The summed E-state index contributed by atoms with van der Waals surface area (Å²) < 4.78 is 16.5. The zero-order chi connectivity index (χ0) is 17.0. The van der Waals surface area contributed by atoms with Gasteiger partial charge in [0, 0.05) is 13.0 Å². The third-order valence-electron chi connectivity index (χ3n) is 2.96. The predicted octanol–water partition coefficient (Wildman–Crippen LogP) is 2.29. The summed E-state index contributed by atoms with van der Waals surface area (Å²) in [6.07, 6.45) is -0.00635. The summed E-state index contributed by atoms with van der Waals surface area (Å²) in [5.74, 6) is -1.72. The van der Waals surface area contributed by atoms with Crippen LogP contribution < -0.4 is 5.32 Å². The second-order valence-corrected chi connectivity index (χ2v) is 6.93. The molecule has 1 saturated heterocycles. The molecule has 1 heterocycles. The number of alkyl carbamates (subject to hydrolysis) is 1. The summed E-state index contributed by atoms with van der Waals surface area (Å²) in [7, 11) is 0. The largest absolute Gasteiger partial charge is 0.481 e. The quantitative estimate of drug-likeness (QED) is 0.808. The first-order valence-corrected chi connectivity index (χ1v) is 7.51. The van der Waals surface area contributed by atoms with Crippen molar-refractivity contribution in [3.05, 3.63) is 0 Å². The average Bonchev–Trinajstić information content (AvgIpc) is 2.22. The van der Waals surface area contributed by atoms with E-state index in [0.717, 1.165) is 0 Å². The Balaban J connectivity index is 2.41. The van der Waals surface area contributed by atoms with E-state index in [1.165, 1.54) is 0 Å². The highest BCUT2D eigenvalue weighted by molar-refractivity contribution is 5.67. The van der Waals surface area contributed by atoms with Gasteiger partial charge < -0.3 is 24.6 Å². The van der Waals surface area contributed by atoms with Crippen molar-refractivity contribution in [3.63, 3.8) is 0 Å². The van der Waals surface area contributed by atoms with Crippen LogP contribution in [-0.4, -0.2) is 47.3 Å². The molecule has 1 aliphatic heterocycles. The van der Waals surface area contributed by atoms with E-state index in [1.54, 1.807) is 34.6 Å². The van der Waals surface area contributed by atoms with Crippen LogP contribution >= 0.6 is 0 Å². The summed E-state index contributed by atoms with van der Waals surface area (Å²) in [4.78, 5) is 22.4. The Morgan fingerprint density at radius 1 is 1.27 bits per heavy atom. The van der Waals surface area contributed by atoms with Gasteiger partial charge in [-0.2, -0.15) is 0 Å². The number of aliphatic carboxylic acids is 1. The molecule has 0 aliphatic carbocycles. The van der Waals surface area contributed by atoms with E-state index in [1.807, 2.05) is 0 Å². The Hall–Kier alpha value is -1.34. The molecule has 7 heteroatoms. The van der Waals surface area contributed by atoms with Crippen molar-refractivity contribution in [2.75, 3.05) is 6.54 Å². The second kappa shape index (κ2) is 7.28. The van der Waals surface area contributed by atoms with Gasteiger partial charge in [0.1, 0.15) is 5.60 Å². The van der Waals surface area contributed by atoms with Crippen molar-refractivity contribution >= 4 is 12.1 Å². The number of carboxylic acid groups (broad SMARTS) is 1. The van der Waals surface area contributed by atoms with E-state index in [0.29, 0.717) is 19.4 Å². The average molecular weight is 317 g/mol. The standard InChI is InChI=1S/C15H27NO6/c1-14(2,3)22-13(19)16-7-6-10-8-11(9-12(17)18)21-15(4,5)20-10/h10-11H,6-9H2,1-5H3,(H,16,19)(H,17,18). The maximum Gasteiger partial charge on any atom is 0.407 e. The number of carbonyl (C=O) groups is 2. The number of amides is 1. The minimum atomic E-state index is -0.895.